The smallest absolute Gasteiger partial charge is 0.161 e. The van der Waals surface area contributed by atoms with Crippen molar-refractivity contribution in [2.45, 2.75) is 32.7 Å². The molecule has 0 radical (unpaired) electrons. The van der Waals surface area contributed by atoms with Crippen LogP contribution < -0.4 is 5.32 Å². The van der Waals surface area contributed by atoms with Gasteiger partial charge in [-0.2, -0.15) is 0 Å². The Morgan fingerprint density at radius 2 is 2.29 bits per heavy atom. The average Bonchev–Trinajstić information content (AvgIpc) is 2.71. The van der Waals surface area contributed by atoms with E-state index in [2.05, 4.69) is 52.1 Å². The molecule has 0 saturated carbocycles. The average molecular weight is 230 g/mol. The van der Waals surface area contributed by atoms with Crippen LogP contribution in [0.2, 0.25) is 0 Å². The van der Waals surface area contributed by atoms with Crippen molar-refractivity contribution in [2.24, 2.45) is 5.92 Å². The van der Waals surface area contributed by atoms with Crippen molar-refractivity contribution in [1.29, 1.82) is 0 Å². The number of nitrogens with zero attached hydrogens (tertiary/aromatic N) is 3. The minimum absolute atomic E-state index is 0.344. The summed E-state index contributed by atoms with van der Waals surface area (Å²) >= 11 is 0. The second kappa shape index (κ2) is 4.11. The number of rotatable bonds is 1. The molecule has 0 aliphatic carbocycles. The second-order valence-electron chi connectivity index (χ2n) is 5.13. The third kappa shape index (κ3) is 1.93. The molecule has 1 fully saturated rings. The van der Waals surface area contributed by atoms with Crippen LogP contribution in [0.4, 0.5) is 0 Å². The summed E-state index contributed by atoms with van der Waals surface area (Å²) in [6.45, 7) is 5.46. The van der Waals surface area contributed by atoms with E-state index in [0.29, 0.717) is 6.04 Å². The van der Waals surface area contributed by atoms with Gasteiger partial charge in [0.1, 0.15) is 0 Å². The van der Waals surface area contributed by atoms with E-state index in [1.54, 1.807) is 0 Å². The summed E-state index contributed by atoms with van der Waals surface area (Å²) in [4.78, 5) is 0. The second-order valence-corrected chi connectivity index (χ2v) is 5.13. The van der Waals surface area contributed by atoms with Gasteiger partial charge < -0.3 is 5.32 Å². The molecule has 17 heavy (non-hydrogen) atoms. The summed E-state index contributed by atoms with van der Waals surface area (Å²) in [5, 5.41) is 12.1. The topological polar surface area (TPSA) is 42.2 Å². The van der Waals surface area contributed by atoms with Crippen molar-refractivity contribution >= 4 is 5.65 Å². The molecule has 2 aromatic rings. The third-order valence-corrected chi connectivity index (χ3v) is 3.57. The molecule has 3 heterocycles. The zero-order valence-corrected chi connectivity index (χ0v) is 10.3. The SMILES string of the molecule is Cc1ccn2c(C3CC(C)CCN3)nnc2c1. The Labute approximate surface area is 101 Å². The van der Waals surface area contributed by atoms with E-state index in [1.807, 2.05) is 0 Å². The van der Waals surface area contributed by atoms with Crippen molar-refractivity contribution in [3.63, 3.8) is 0 Å². The summed E-state index contributed by atoms with van der Waals surface area (Å²) < 4.78 is 2.10. The lowest BCUT2D eigenvalue weighted by atomic mass is 9.94. The molecule has 3 rings (SSSR count). The minimum atomic E-state index is 0.344. The van der Waals surface area contributed by atoms with Crippen molar-refractivity contribution in [2.75, 3.05) is 6.54 Å². The van der Waals surface area contributed by atoms with Gasteiger partial charge in [0.15, 0.2) is 11.5 Å². The Kier molecular flexibility index (Phi) is 2.59. The maximum Gasteiger partial charge on any atom is 0.161 e. The van der Waals surface area contributed by atoms with Gasteiger partial charge in [0.05, 0.1) is 6.04 Å². The number of piperidine rings is 1. The molecular weight excluding hydrogens is 212 g/mol. The van der Waals surface area contributed by atoms with E-state index in [0.717, 1.165) is 30.4 Å². The van der Waals surface area contributed by atoms with Crippen molar-refractivity contribution in [3.05, 3.63) is 29.7 Å². The van der Waals surface area contributed by atoms with E-state index in [-0.39, 0.29) is 0 Å². The fourth-order valence-corrected chi connectivity index (χ4v) is 2.55. The van der Waals surface area contributed by atoms with Crippen molar-refractivity contribution < 1.29 is 0 Å². The maximum absolute atomic E-state index is 4.35. The zero-order valence-electron chi connectivity index (χ0n) is 10.3. The van der Waals surface area contributed by atoms with Gasteiger partial charge in [0.25, 0.3) is 0 Å². The normalized spacial score (nSPS) is 25.3. The van der Waals surface area contributed by atoms with Crippen molar-refractivity contribution in [1.82, 2.24) is 19.9 Å². The lowest BCUT2D eigenvalue weighted by Crippen LogP contribution is -2.32. The predicted octanol–water partition coefficient (Wildman–Crippen LogP) is 2.10. The molecule has 4 heteroatoms. The van der Waals surface area contributed by atoms with Gasteiger partial charge in [-0.05, 0) is 49.9 Å². The molecule has 2 unspecified atom stereocenters. The number of aromatic nitrogens is 3. The summed E-state index contributed by atoms with van der Waals surface area (Å²) in [6.07, 6.45) is 4.47. The molecule has 0 bridgehead atoms. The van der Waals surface area contributed by atoms with Gasteiger partial charge >= 0.3 is 0 Å². The monoisotopic (exact) mass is 230 g/mol. The predicted molar refractivity (Wildman–Crippen MR) is 66.9 cm³/mol. The van der Waals surface area contributed by atoms with E-state index in [1.165, 1.54) is 12.0 Å². The number of hydrogen-bond donors (Lipinski definition) is 1. The Balaban J connectivity index is 1.99. The van der Waals surface area contributed by atoms with E-state index in [4.69, 9.17) is 0 Å². The van der Waals surface area contributed by atoms with Crippen LogP contribution in [0.25, 0.3) is 5.65 Å². The zero-order chi connectivity index (χ0) is 11.8. The van der Waals surface area contributed by atoms with Crippen LogP contribution in [0.15, 0.2) is 18.3 Å². The standard InChI is InChI=1S/C13H18N4/c1-9-3-5-14-11(7-9)13-16-15-12-8-10(2)4-6-17(12)13/h4,6,8-9,11,14H,3,5,7H2,1-2H3. The highest BCUT2D eigenvalue weighted by atomic mass is 15.3. The van der Waals surface area contributed by atoms with Crippen LogP contribution >= 0.6 is 0 Å². The number of aryl methyl sites for hydroxylation is 1. The number of hydrogen-bond acceptors (Lipinski definition) is 3. The molecule has 1 N–H and O–H groups in total. The minimum Gasteiger partial charge on any atom is -0.307 e. The number of pyridine rings is 1. The first kappa shape index (κ1) is 10.7. The highest BCUT2D eigenvalue weighted by Crippen LogP contribution is 2.26. The first-order valence-electron chi connectivity index (χ1n) is 6.28. The van der Waals surface area contributed by atoms with Crippen LogP contribution in [-0.2, 0) is 0 Å². The van der Waals surface area contributed by atoms with Gasteiger partial charge in [-0.1, -0.05) is 6.92 Å². The summed E-state index contributed by atoms with van der Waals surface area (Å²) in [5.41, 5.74) is 2.17. The molecule has 4 nitrogen and oxygen atoms in total. The number of nitrogens with one attached hydrogen (secondary N) is 1. The Hall–Kier alpha value is -1.42. The lowest BCUT2D eigenvalue weighted by Gasteiger charge is -2.26. The van der Waals surface area contributed by atoms with Crippen LogP contribution in [0, 0.1) is 12.8 Å². The van der Waals surface area contributed by atoms with E-state index in [9.17, 15) is 0 Å². The molecule has 90 valence electrons. The fraction of sp³-hybridized carbons (Fsp3) is 0.538. The molecule has 0 aromatic carbocycles. The Morgan fingerprint density at radius 3 is 3.12 bits per heavy atom. The van der Waals surface area contributed by atoms with Crippen LogP contribution in [0.3, 0.4) is 0 Å². The third-order valence-electron chi connectivity index (χ3n) is 3.57. The quantitative estimate of drug-likeness (QED) is 0.815. The Bertz CT molecular complexity index is 531. The summed E-state index contributed by atoms with van der Waals surface area (Å²) in [7, 11) is 0. The molecular formula is C13H18N4. The lowest BCUT2D eigenvalue weighted by molar-refractivity contribution is 0.314. The molecule has 0 amide bonds. The van der Waals surface area contributed by atoms with E-state index >= 15 is 0 Å². The number of fused-ring (bicyclic) bond motifs is 1. The van der Waals surface area contributed by atoms with Gasteiger partial charge in [-0.15, -0.1) is 10.2 Å². The van der Waals surface area contributed by atoms with Gasteiger partial charge in [-0.25, -0.2) is 0 Å². The Morgan fingerprint density at radius 1 is 1.41 bits per heavy atom. The van der Waals surface area contributed by atoms with Gasteiger partial charge in [0, 0.05) is 6.20 Å². The van der Waals surface area contributed by atoms with Crippen LogP contribution in [0.1, 0.15) is 37.2 Å². The van der Waals surface area contributed by atoms with Crippen LogP contribution in [0.5, 0.6) is 0 Å². The molecule has 1 saturated heterocycles. The van der Waals surface area contributed by atoms with Crippen molar-refractivity contribution in [3.8, 4) is 0 Å². The van der Waals surface area contributed by atoms with Gasteiger partial charge in [0.2, 0.25) is 0 Å². The summed E-state index contributed by atoms with van der Waals surface area (Å²) in [5.74, 6) is 1.81. The molecule has 2 atom stereocenters. The molecule has 1 aliphatic heterocycles. The van der Waals surface area contributed by atoms with Gasteiger partial charge in [-0.3, -0.25) is 4.40 Å². The molecule has 2 aromatic heterocycles. The largest absolute Gasteiger partial charge is 0.307 e. The first-order chi connectivity index (χ1) is 8.24. The highest BCUT2D eigenvalue weighted by molar-refractivity contribution is 5.41. The maximum atomic E-state index is 4.35. The van der Waals surface area contributed by atoms with Crippen LogP contribution in [-0.4, -0.2) is 21.1 Å². The molecule has 1 aliphatic rings. The molecule has 0 spiro atoms. The van der Waals surface area contributed by atoms with E-state index < -0.39 is 0 Å². The fourth-order valence-electron chi connectivity index (χ4n) is 2.55. The summed E-state index contributed by atoms with van der Waals surface area (Å²) in [6, 6.07) is 4.52. The first-order valence-corrected chi connectivity index (χ1v) is 6.28. The highest BCUT2D eigenvalue weighted by Gasteiger charge is 2.23.